The van der Waals surface area contributed by atoms with E-state index in [-0.39, 0.29) is 0 Å². The molecule has 1 atom stereocenters. The molecule has 1 aromatic carbocycles. The Morgan fingerprint density at radius 2 is 1.19 bits per heavy atom. The minimum Gasteiger partial charge on any atom is -0.414 e. The van der Waals surface area contributed by atoms with Crippen molar-refractivity contribution in [3.63, 3.8) is 0 Å². The maximum atomic E-state index is 6.00. The normalized spacial score (nSPS) is 15.7. The van der Waals surface area contributed by atoms with Crippen molar-refractivity contribution >= 4 is 30.1 Å². The van der Waals surface area contributed by atoms with Crippen molar-refractivity contribution in [1.82, 2.24) is 0 Å². The molecule has 26 heavy (non-hydrogen) atoms. The highest BCUT2D eigenvalue weighted by Crippen LogP contribution is 2.16. The molecule has 0 N–H and O–H groups in total. The first-order valence-corrected chi connectivity index (χ1v) is 17.6. The van der Waals surface area contributed by atoms with E-state index in [0.717, 1.165) is 6.61 Å². The van der Waals surface area contributed by atoms with Crippen LogP contribution < -0.4 is 5.19 Å². The zero-order chi connectivity index (χ0) is 19.7. The summed E-state index contributed by atoms with van der Waals surface area (Å²) in [7, 11) is -6.03. The van der Waals surface area contributed by atoms with Gasteiger partial charge in [-0.3, -0.25) is 0 Å². The van der Waals surface area contributed by atoms with E-state index < -0.39 is 25.0 Å². The highest BCUT2D eigenvalue weighted by Gasteiger charge is 2.31. The highest BCUT2D eigenvalue weighted by molar-refractivity contribution is 7.00. The lowest BCUT2D eigenvalue weighted by Crippen LogP contribution is -2.45. The van der Waals surface area contributed by atoms with E-state index in [1.54, 1.807) is 0 Å². The Morgan fingerprint density at radius 3 is 1.69 bits per heavy atom. The Labute approximate surface area is 163 Å². The molecule has 0 saturated carbocycles. The molecule has 0 aliphatic heterocycles. The Bertz CT molecular complexity index is 581. The second kappa shape index (κ2) is 10.5. The topological polar surface area (TPSA) is 27.7 Å². The van der Waals surface area contributed by atoms with Crippen LogP contribution in [-0.2, 0) is 13.3 Å². The van der Waals surface area contributed by atoms with Crippen molar-refractivity contribution in [1.29, 1.82) is 0 Å². The van der Waals surface area contributed by atoms with Crippen molar-refractivity contribution in [3.05, 3.63) is 53.1 Å². The molecule has 3 nitrogen and oxygen atoms in total. The molecule has 1 aromatic rings. The molecule has 6 heteroatoms. The molecule has 0 aliphatic rings. The summed E-state index contributed by atoms with van der Waals surface area (Å²) in [5.41, 5.74) is 9.39. The largest absolute Gasteiger partial charge is 0.414 e. The van der Waals surface area contributed by atoms with Gasteiger partial charge in [0.15, 0.2) is 0 Å². The molecular formula is C20H36O3Si3. The van der Waals surface area contributed by atoms with Crippen molar-refractivity contribution in [3.8, 4) is 0 Å². The monoisotopic (exact) mass is 408 g/mol. The van der Waals surface area contributed by atoms with Crippen LogP contribution in [0.3, 0.4) is 0 Å². The van der Waals surface area contributed by atoms with E-state index in [1.165, 1.54) is 5.19 Å². The van der Waals surface area contributed by atoms with Crippen LogP contribution in [0.1, 0.15) is 20.8 Å². The number of rotatable bonds is 11. The first kappa shape index (κ1) is 23.3. The van der Waals surface area contributed by atoms with Gasteiger partial charge in [-0.1, -0.05) is 59.2 Å². The van der Waals surface area contributed by atoms with Gasteiger partial charge < -0.3 is 13.3 Å². The Kier molecular flexibility index (Phi) is 9.43. The smallest absolute Gasteiger partial charge is 0.361 e. The predicted octanol–water partition coefficient (Wildman–Crippen LogP) is 4.63. The zero-order valence-corrected chi connectivity index (χ0v) is 20.5. The number of hydrogen-bond acceptors (Lipinski definition) is 3. The zero-order valence-electron chi connectivity index (χ0n) is 17.5. The van der Waals surface area contributed by atoms with Crippen LogP contribution in [0.5, 0.6) is 0 Å². The van der Waals surface area contributed by atoms with Gasteiger partial charge in [0.1, 0.15) is 8.07 Å². The van der Waals surface area contributed by atoms with Gasteiger partial charge in [-0.05, 0) is 46.1 Å². The van der Waals surface area contributed by atoms with E-state index in [0.29, 0.717) is 13.2 Å². The molecular weight excluding hydrogens is 372 g/mol. The summed E-state index contributed by atoms with van der Waals surface area (Å²) in [6, 6.07) is 10.8. The summed E-state index contributed by atoms with van der Waals surface area (Å²) in [6.45, 7) is 17.2. The third kappa shape index (κ3) is 7.46. The van der Waals surface area contributed by atoms with Crippen LogP contribution >= 0.6 is 0 Å². The highest BCUT2D eigenvalue weighted by atomic mass is 28.4. The minimum atomic E-state index is -2.28. The molecule has 0 fully saturated rings. The summed E-state index contributed by atoms with van der Waals surface area (Å²) in [5, 5.41) is 1.39. The summed E-state index contributed by atoms with van der Waals surface area (Å²) in [4.78, 5) is 0. The standard InChI is InChI=1S/C20H36O3Si3/c1-8-21-24(4,5)16-17-25(6,20-14-12-11-13-15-20)18-19-26(7,22-9-2)23-10-3/h11-19H,8-10H2,1-7H3. The number of hydrogen-bond donors (Lipinski definition) is 0. The van der Waals surface area contributed by atoms with Crippen LogP contribution in [0.2, 0.25) is 26.2 Å². The van der Waals surface area contributed by atoms with Crippen LogP contribution in [0.15, 0.2) is 53.1 Å². The van der Waals surface area contributed by atoms with Gasteiger partial charge in [-0.25, -0.2) is 0 Å². The van der Waals surface area contributed by atoms with E-state index in [2.05, 4.69) is 86.2 Å². The molecule has 0 aromatic heterocycles. The van der Waals surface area contributed by atoms with Crippen LogP contribution in [-0.4, -0.2) is 44.8 Å². The van der Waals surface area contributed by atoms with Crippen molar-refractivity contribution < 1.29 is 13.3 Å². The second-order valence-corrected chi connectivity index (χ2v) is 17.8. The van der Waals surface area contributed by atoms with E-state index in [1.807, 2.05) is 13.8 Å². The van der Waals surface area contributed by atoms with Crippen molar-refractivity contribution in [2.75, 3.05) is 19.8 Å². The molecule has 1 rings (SSSR count). The number of benzene rings is 1. The Morgan fingerprint density at radius 1 is 0.692 bits per heavy atom. The molecule has 1 unspecified atom stereocenters. The summed E-state index contributed by atoms with van der Waals surface area (Å²) in [5.74, 6) is 0. The fraction of sp³-hybridized carbons (Fsp3) is 0.500. The minimum absolute atomic E-state index is 0.677. The van der Waals surface area contributed by atoms with Crippen LogP contribution in [0, 0.1) is 0 Å². The summed E-state index contributed by atoms with van der Waals surface area (Å²) < 4.78 is 18.0. The van der Waals surface area contributed by atoms with E-state index in [4.69, 9.17) is 13.3 Å². The quantitative estimate of drug-likeness (QED) is 0.500. The lowest BCUT2D eigenvalue weighted by atomic mass is 10.4. The molecule has 0 bridgehead atoms. The first-order chi connectivity index (χ1) is 12.2. The molecule has 146 valence electrons. The fourth-order valence-corrected chi connectivity index (χ4v) is 12.1. The second-order valence-electron chi connectivity index (χ2n) is 7.23. The maximum absolute atomic E-state index is 6.00. The Balaban J connectivity index is 3.25. The average molecular weight is 409 g/mol. The Hall–Kier alpha value is -0.769. The lowest BCUT2D eigenvalue weighted by Gasteiger charge is -2.27. The van der Waals surface area contributed by atoms with Gasteiger partial charge in [-0.2, -0.15) is 0 Å². The van der Waals surface area contributed by atoms with Gasteiger partial charge in [0.05, 0.1) is 0 Å². The molecule has 0 amide bonds. The van der Waals surface area contributed by atoms with Crippen LogP contribution in [0.25, 0.3) is 0 Å². The van der Waals surface area contributed by atoms with Gasteiger partial charge >= 0.3 is 8.56 Å². The van der Waals surface area contributed by atoms with Gasteiger partial charge in [-0.15, -0.1) is 0 Å². The lowest BCUT2D eigenvalue weighted by molar-refractivity contribution is 0.201. The average Bonchev–Trinajstić information content (AvgIpc) is 2.60. The fourth-order valence-electron chi connectivity index (χ4n) is 2.87. The molecule has 0 spiro atoms. The third-order valence-electron chi connectivity index (χ3n) is 4.34. The van der Waals surface area contributed by atoms with Gasteiger partial charge in [0.25, 0.3) is 0 Å². The first-order valence-electron chi connectivity index (χ1n) is 9.58. The van der Waals surface area contributed by atoms with E-state index in [9.17, 15) is 0 Å². The van der Waals surface area contributed by atoms with Crippen molar-refractivity contribution in [2.45, 2.75) is 47.0 Å². The maximum Gasteiger partial charge on any atom is 0.361 e. The van der Waals surface area contributed by atoms with Gasteiger partial charge in [0.2, 0.25) is 8.32 Å². The summed E-state index contributed by atoms with van der Waals surface area (Å²) >= 11 is 0. The predicted molar refractivity (Wildman–Crippen MR) is 120 cm³/mol. The molecule has 0 aliphatic carbocycles. The molecule has 0 radical (unpaired) electrons. The third-order valence-corrected chi connectivity index (χ3v) is 12.8. The molecule has 0 heterocycles. The molecule has 0 saturated heterocycles. The van der Waals surface area contributed by atoms with E-state index >= 15 is 0 Å². The van der Waals surface area contributed by atoms with Crippen molar-refractivity contribution in [2.24, 2.45) is 0 Å². The summed E-state index contributed by atoms with van der Waals surface area (Å²) in [6.07, 6.45) is 0. The van der Waals surface area contributed by atoms with Gasteiger partial charge in [0, 0.05) is 19.8 Å². The van der Waals surface area contributed by atoms with Crippen LogP contribution in [0.4, 0.5) is 0 Å². The SMILES string of the molecule is CCO[Si](C)(C)C=C[Si](C)(C=C[Si](C)(OCC)OCC)c1ccccc1.